The highest BCUT2D eigenvalue weighted by atomic mass is 19.1. The summed E-state index contributed by atoms with van der Waals surface area (Å²) in [5, 5.41) is 3.63. The third-order valence-corrected chi connectivity index (χ3v) is 2.40. The lowest BCUT2D eigenvalue weighted by Crippen LogP contribution is -1.93. The van der Waals surface area contributed by atoms with Gasteiger partial charge in [-0.25, -0.2) is 4.39 Å². The van der Waals surface area contributed by atoms with Gasteiger partial charge >= 0.3 is 0 Å². The minimum Gasteiger partial charge on any atom is -0.361 e. The maximum absolute atomic E-state index is 13.2. The van der Waals surface area contributed by atoms with Gasteiger partial charge in [0.15, 0.2) is 12.1 Å². The molecule has 3 heteroatoms. The summed E-state index contributed by atoms with van der Waals surface area (Å²) in [6, 6.07) is 7.75. The average molecular weight is 219 g/mol. The maximum atomic E-state index is 13.2. The van der Waals surface area contributed by atoms with E-state index in [1.807, 2.05) is 24.3 Å². The summed E-state index contributed by atoms with van der Waals surface area (Å²) in [6.07, 6.45) is 2.04. The van der Waals surface area contributed by atoms with Gasteiger partial charge in [-0.2, -0.15) is 0 Å². The summed E-state index contributed by atoms with van der Waals surface area (Å²) >= 11 is 0. The third-order valence-electron chi connectivity index (χ3n) is 2.40. The predicted octanol–water partition coefficient (Wildman–Crippen LogP) is 3.68. The molecule has 2 nitrogen and oxygen atoms in total. The van der Waals surface area contributed by atoms with E-state index in [9.17, 15) is 4.39 Å². The molecule has 2 rings (SSSR count). The molecule has 0 fully saturated rings. The van der Waals surface area contributed by atoms with Crippen LogP contribution >= 0.6 is 0 Å². The van der Waals surface area contributed by atoms with Crippen LogP contribution in [0, 0.1) is 11.7 Å². The molecule has 84 valence electrons. The molecule has 1 aromatic carbocycles. The average Bonchev–Trinajstić information content (AvgIpc) is 2.65. The first-order chi connectivity index (χ1) is 7.66. The quantitative estimate of drug-likeness (QED) is 0.787. The van der Waals surface area contributed by atoms with Crippen LogP contribution in [-0.2, 0) is 6.42 Å². The topological polar surface area (TPSA) is 26.0 Å². The van der Waals surface area contributed by atoms with Gasteiger partial charge in [0.05, 0.1) is 0 Å². The third kappa shape index (κ3) is 2.30. The molecule has 1 heterocycles. The van der Waals surface area contributed by atoms with Gasteiger partial charge in [0.25, 0.3) is 0 Å². The predicted molar refractivity (Wildman–Crippen MR) is 60.4 cm³/mol. The Morgan fingerprint density at radius 1 is 1.25 bits per heavy atom. The molecule has 16 heavy (non-hydrogen) atoms. The molecular weight excluding hydrogens is 205 g/mol. The molecule has 0 saturated heterocycles. The minimum atomic E-state index is -0.420. The lowest BCUT2D eigenvalue weighted by molar-refractivity contribution is 0.415. The summed E-state index contributed by atoms with van der Waals surface area (Å²) in [4.78, 5) is 0. The van der Waals surface area contributed by atoms with Crippen molar-refractivity contribution < 1.29 is 8.91 Å². The zero-order valence-electron chi connectivity index (χ0n) is 9.40. The molecule has 0 atom stereocenters. The van der Waals surface area contributed by atoms with E-state index in [-0.39, 0.29) is 5.69 Å². The van der Waals surface area contributed by atoms with Crippen molar-refractivity contribution in [3.63, 3.8) is 0 Å². The lowest BCUT2D eigenvalue weighted by Gasteiger charge is -2.05. The fraction of sp³-hybridized carbons (Fsp3) is 0.308. The standard InChI is InChI=1S/C13H14FNO/c1-9(2)7-10-3-5-11(6-4-10)13-12(14)8-16-15-13/h3-6,8-9H,7H2,1-2H3. The summed E-state index contributed by atoms with van der Waals surface area (Å²) in [5.74, 6) is 0.200. The molecule has 0 aliphatic carbocycles. The SMILES string of the molecule is CC(C)Cc1ccc(-c2nocc2F)cc1. The number of benzene rings is 1. The van der Waals surface area contributed by atoms with Crippen LogP contribution in [-0.4, -0.2) is 5.16 Å². The van der Waals surface area contributed by atoms with Gasteiger partial charge in [-0.05, 0) is 17.9 Å². The number of rotatable bonds is 3. The highest BCUT2D eigenvalue weighted by molar-refractivity contribution is 5.59. The van der Waals surface area contributed by atoms with Crippen molar-refractivity contribution in [2.24, 2.45) is 5.92 Å². The minimum absolute atomic E-state index is 0.274. The van der Waals surface area contributed by atoms with Gasteiger partial charge < -0.3 is 4.52 Å². The van der Waals surface area contributed by atoms with E-state index in [1.54, 1.807) is 0 Å². The fourth-order valence-corrected chi connectivity index (χ4v) is 1.69. The Morgan fingerprint density at radius 3 is 2.44 bits per heavy atom. The largest absolute Gasteiger partial charge is 0.361 e. The Balaban J connectivity index is 2.23. The Kier molecular flexibility index (Phi) is 3.04. The van der Waals surface area contributed by atoms with Gasteiger partial charge in [0.1, 0.15) is 5.69 Å². The van der Waals surface area contributed by atoms with E-state index in [2.05, 4.69) is 23.5 Å². The summed E-state index contributed by atoms with van der Waals surface area (Å²) in [5.41, 5.74) is 2.28. The summed E-state index contributed by atoms with van der Waals surface area (Å²) < 4.78 is 17.8. The fourth-order valence-electron chi connectivity index (χ4n) is 1.69. The second-order valence-electron chi connectivity index (χ2n) is 4.31. The Morgan fingerprint density at radius 2 is 1.94 bits per heavy atom. The van der Waals surface area contributed by atoms with E-state index < -0.39 is 5.82 Å². The van der Waals surface area contributed by atoms with Gasteiger partial charge in [0.2, 0.25) is 0 Å². The maximum Gasteiger partial charge on any atom is 0.190 e. The molecule has 0 bridgehead atoms. The summed E-state index contributed by atoms with van der Waals surface area (Å²) in [6.45, 7) is 4.34. The molecule has 0 amide bonds. The van der Waals surface area contributed by atoms with Crippen molar-refractivity contribution in [2.75, 3.05) is 0 Å². The molecule has 0 radical (unpaired) electrons. The molecule has 0 aliphatic rings. The van der Waals surface area contributed by atoms with Gasteiger partial charge in [-0.15, -0.1) is 0 Å². The highest BCUT2D eigenvalue weighted by Crippen LogP contribution is 2.21. The normalized spacial score (nSPS) is 11.0. The number of halogens is 1. The second kappa shape index (κ2) is 4.47. The molecule has 1 aromatic heterocycles. The van der Waals surface area contributed by atoms with Gasteiger partial charge in [-0.3, -0.25) is 0 Å². The van der Waals surface area contributed by atoms with Crippen molar-refractivity contribution in [3.8, 4) is 11.3 Å². The van der Waals surface area contributed by atoms with E-state index >= 15 is 0 Å². The van der Waals surface area contributed by atoms with Crippen molar-refractivity contribution in [1.29, 1.82) is 0 Å². The zero-order valence-corrected chi connectivity index (χ0v) is 9.40. The first-order valence-electron chi connectivity index (χ1n) is 5.36. The van der Waals surface area contributed by atoms with Crippen molar-refractivity contribution >= 4 is 0 Å². The van der Waals surface area contributed by atoms with Crippen molar-refractivity contribution in [2.45, 2.75) is 20.3 Å². The van der Waals surface area contributed by atoms with E-state index in [4.69, 9.17) is 0 Å². The number of hydrogen-bond donors (Lipinski definition) is 0. The first-order valence-corrected chi connectivity index (χ1v) is 5.36. The van der Waals surface area contributed by atoms with Crippen molar-refractivity contribution in [3.05, 3.63) is 41.9 Å². The summed E-state index contributed by atoms with van der Waals surface area (Å²) in [7, 11) is 0. The van der Waals surface area contributed by atoms with Gasteiger partial charge in [0, 0.05) is 5.56 Å². The second-order valence-corrected chi connectivity index (χ2v) is 4.31. The van der Waals surface area contributed by atoms with E-state index in [1.165, 1.54) is 5.56 Å². The van der Waals surface area contributed by atoms with Gasteiger partial charge in [-0.1, -0.05) is 43.3 Å². The Labute approximate surface area is 94.1 Å². The molecule has 0 unspecified atom stereocenters. The van der Waals surface area contributed by atoms with Crippen LogP contribution < -0.4 is 0 Å². The number of aromatic nitrogens is 1. The van der Waals surface area contributed by atoms with Crippen LogP contribution in [0.1, 0.15) is 19.4 Å². The molecule has 0 aliphatic heterocycles. The van der Waals surface area contributed by atoms with Crippen LogP contribution in [0.25, 0.3) is 11.3 Å². The van der Waals surface area contributed by atoms with Crippen LogP contribution in [0.4, 0.5) is 4.39 Å². The smallest absolute Gasteiger partial charge is 0.190 e. The monoisotopic (exact) mass is 219 g/mol. The molecule has 0 N–H and O–H groups in total. The van der Waals surface area contributed by atoms with Crippen LogP contribution in [0.2, 0.25) is 0 Å². The molecule has 0 saturated carbocycles. The Bertz CT molecular complexity index is 459. The molecule has 2 aromatic rings. The first kappa shape index (κ1) is 10.9. The van der Waals surface area contributed by atoms with Crippen LogP contribution in [0.15, 0.2) is 35.1 Å². The molecular formula is C13H14FNO. The number of hydrogen-bond acceptors (Lipinski definition) is 2. The zero-order chi connectivity index (χ0) is 11.5. The van der Waals surface area contributed by atoms with Crippen molar-refractivity contribution in [1.82, 2.24) is 5.16 Å². The Hall–Kier alpha value is -1.64. The molecule has 0 spiro atoms. The van der Waals surface area contributed by atoms with E-state index in [0.29, 0.717) is 5.92 Å². The highest BCUT2D eigenvalue weighted by Gasteiger charge is 2.09. The van der Waals surface area contributed by atoms with Crippen LogP contribution in [0.5, 0.6) is 0 Å². The van der Waals surface area contributed by atoms with E-state index in [0.717, 1.165) is 18.2 Å². The number of nitrogens with zero attached hydrogens (tertiary/aromatic N) is 1. The lowest BCUT2D eigenvalue weighted by atomic mass is 10.0. The van der Waals surface area contributed by atoms with Crippen LogP contribution in [0.3, 0.4) is 0 Å².